The van der Waals surface area contributed by atoms with Crippen molar-refractivity contribution in [3.63, 3.8) is 0 Å². The zero-order valence-electron chi connectivity index (χ0n) is 30.2. The zero-order chi connectivity index (χ0) is 39.8. The van der Waals surface area contributed by atoms with Crippen molar-refractivity contribution in [2.45, 2.75) is 48.7 Å². The van der Waals surface area contributed by atoms with E-state index in [1.807, 2.05) is 73.7 Å². The van der Waals surface area contributed by atoms with Crippen molar-refractivity contribution in [1.29, 1.82) is 0 Å². The fourth-order valence-corrected chi connectivity index (χ4v) is 7.26. The molecule has 5 aromatic rings. The summed E-state index contributed by atoms with van der Waals surface area (Å²) in [5.74, 6) is 1.04. The first-order valence-electron chi connectivity index (χ1n) is 17.4. The van der Waals surface area contributed by atoms with Crippen LogP contribution >= 0.6 is 0 Å². The number of anilines is 1. The number of aryl methyl sites for hydroxylation is 1. The van der Waals surface area contributed by atoms with E-state index in [0.29, 0.717) is 33.8 Å². The molecule has 1 aliphatic carbocycles. The number of hydrogen-bond acceptors (Lipinski definition) is 9. The molecule has 2 atom stereocenters. The van der Waals surface area contributed by atoms with Gasteiger partial charge in [-0.25, -0.2) is 4.68 Å². The molecule has 0 bridgehead atoms. The lowest BCUT2D eigenvalue weighted by Crippen LogP contribution is -2.27. The van der Waals surface area contributed by atoms with Gasteiger partial charge in [0.2, 0.25) is 0 Å². The molecule has 56 heavy (non-hydrogen) atoms. The summed E-state index contributed by atoms with van der Waals surface area (Å²) in [6.45, 7) is 7.77. The van der Waals surface area contributed by atoms with Gasteiger partial charge < -0.3 is 9.47 Å². The summed E-state index contributed by atoms with van der Waals surface area (Å²) in [7, 11) is -8.65. The number of rotatable bonds is 10. The van der Waals surface area contributed by atoms with E-state index >= 15 is 0 Å². The van der Waals surface area contributed by atoms with E-state index in [1.54, 1.807) is 29.8 Å². The summed E-state index contributed by atoms with van der Waals surface area (Å²) in [6, 6.07) is 26.1. The van der Waals surface area contributed by atoms with Crippen molar-refractivity contribution < 1.29 is 40.2 Å². The summed E-state index contributed by atoms with van der Waals surface area (Å²) in [6.07, 6.45) is 8.95. The van der Waals surface area contributed by atoms with Crippen LogP contribution in [0.1, 0.15) is 36.6 Å². The standard InChI is InChI=1S/C41H36N4O9S2/c1-26-39(28(3)44(42-26)31-8-20-37(21-9-31)55(47,48)49)24-29-4-12-33(13-5-29)53-35-16-18-36(19-17-35)54-34-14-6-30(7-15-34)25-40-27(2)43-45(41(40)46)32-10-22-38(23-11-32)56(50,51)52/h4-16,18,20-25,35-36H,3,17,19H2,1-2H3,(H,47,48,49)(H,50,51,52)/b39-24+,40-25-. The average Bonchev–Trinajstić information content (AvgIpc) is 3.61. The third kappa shape index (κ3) is 8.40. The molecule has 2 N–H and O–H groups in total. The number of amides is 1. The molecule has 0 fully saturated rings. The first-order valence-corrected chi connectivity index (χ1v) is 20.3. The van der Waals surface area contributed by atoms with Crippen LogP contribution in [0.5, 0.6) is 11.5 Å². The quantitative estimate of drug-likeness (QED) is 0.108. The summed E-state index contributed by atoms with van der Waals surface area (Å²) >= 11 is 0. The maximum atomic E-state index is 13.2. The predicted molar refractivity (Wildman–Crippen MR) is 211 cm³/mol. The van der Waals surface area contributed by atoms with Gasteiger partial charge in [0.15, 0.2) is 0 Å². The average molecular weight is 793 g/mol. The maximum Gasteiger partial charge on any atom is 0.294 e. The van der Waals surface area contributed by atoms with Crippen molar-refractivity contribution in [1.82, 2.24) is 9.78 Å². The third-order valence-corrected chi connectivity index (χ3v) is 11.0. The Hall–Kier alpha value is -6.13. The normalized spacial score (nSPS) is 18.4. The van der Waals surface area contributed by atoms with E-state index in [2.05, 4.69) is 16.8 Å². The number of hydrogen-bond donors (Lipinski definition) is 2. The van der Waals surface area contributed by atoms with Crippen molar-refractivity contribution in [2.24, 2.45) is 5.10 Å². The lowest BCUT2D eigenvalue weighted by Gasteiger charge is -2.24. The minimum absolute atomic E-state index is 0.119. The van der Waals surface area contributed by atoms with Gasteiger partial charge in [0, 0.05) is 5.22 Å². The molecular formula is C41H36N4O9S2. The maximum absolute atomic E-state index is 13.2. The molecule has 0 saturated heterocycles. The second kappa shape index (κ2) is 15.2. The second-order valence-corrected chi connectivity index (χ2v) is 16.1. The number of nitrogens with zero attached hydrogens (tertiary/aromatic N) is 4. The summed E-state index contributed by atoms with van der Waals surface area (Å²) in [5.41, 5.74) is 4.33. The van der Waals surface area contributed by atoms with Gasteiger partial charge in [0.05, 0.1) is 43.5 Å². The minimum atomic E-state index is -4.35. The predicted octanol–water partition coefficient (Wildman–Crippen LogP) is 5.26. The number of carbonyl (C=O) groups is 1. The Balaban J connectivity index is 0.935. The van der Waals surface area contributed by atoms with E-state index in [9.17, 15) is 30.7 Å². The molecule has 13 nitrogen and oxygen atoms in total. The summed E-state index contributed by atoms with van der Waals surface area (Å²) < 4.78 is 78.1. The lowest BCUT2D eigenvalue weighted by molar-refractivity contribution is -0.114. The van der Waals surface area contributed by atoms with Crippen LogP contribution < -0.4 is 25.1 Å². The highest BCUT2D eigenvalue weighted by Crippen LogP contribution is 2.28. The fraction of sp³-hybridized carbons (Fsp3) is 0.146. The van der Waals surface area contributed by atoms with Gasteiger partial charge in [-0.15, -0.1) is 0 Å². The van der Waals surface area contributed by atoms with Crippen LogP contribution in [0.25, 0.3) is 24.4 Å². The molecule has 0 saturated carbocycles. The Labute approximate surface area is 323 Å². The molecular weight excluding hydrogens is 757 g/mol. The largest absolute Gasteiger partial charge is 0.486 e. The highest BCUT2D eigenvalue weighted by atomic mass is 32.2. The van der Waals surface area contributed by atoms with E-state index < -0.39 is 20.2 Å². The molecule has 1 amide bonds. The van der Waals surface area contributed by atoms with Crippen molar-refractivity contribution in [2.75, 3.05) is 5.01 Å². The molecule has 2 aliphatic rings. The van der Waals surface area contributed by atoms with Crippen LogP contribution in [-0.2, 0) is 25.0 Å². The number of benzene rings is 4. The van der Waals surface area contributed by atoms with Gasteiger partial charge in [-0.3, -0.25) is 13.9 Å². The third-order valence-electron chi connectivity index (χ3n) is 9.26. The molecule has 286 valence electrons. The van der Waals surface area contributed by atoms with Crippen molar-refractivity contribution >= 4 is 56.3 Å². The molecule has 4 aromatic carbocycles. The smallest absolute Gasteiger partial charge is 0.294 e. The van der Waals surface area contributed by atoms with E-state index in [4.69, 9.17) is 9.47 Å². The monoisotopic (exact) mass is 792 g/mol. The number of ether oxygens (including phenoxy) is 2. The number of hydrazone groups is 1. The Kier molecular flexibility index (Phi) is 10.3. The highest BCUT2D eigenvalue weighted by molar-refractivity contribution is 7.86. The van der Waals surface area contributed by atoms with Gasteiger partial charge in [-0.1, -0.05) is 30.8 Å². The van der Waals surface area contributed by atoms with Crippen molar-refractivity contribution in [3.8, 4) is 17.2 Å². The van der Waals surface area contributed by atoms with E-state index in [0.717, 1.165) is 40.6 Å². The van der Waals surface area contributed by atoms with Gasteiger partial charge in [-0.2, -0.15) is 32.0 Å². The Morgan fingerprint density at radius 2 is 1.16 bits per heavy atom. The Morgan fingerprint density at radius 3 is 1.62 bits per heavy atom. The SMILES string of the molecule is C=c1/c(=C/c2ccc(OC3C=CC(Oc4ccc(/C=C5\C(=O)N(c6ccc(S(=O)(=O)O)cc6)N=C5C)cc4)CC3)cc2)c(C)nn1-c1ccc(S(=O)(=O)O)cc1. The highest BCUT2D eigenvalue weighted by Gasteiger charge is 2.29. The van der Waals surface area contributed by atoms with Gasteiger partial charge >= 0.3 is 0 Å². The molecule has 2 unspecified atom stereocenters. The zero-order valence-corrected chi connectivity index (χ0v) is 31.8. The first kappa shape index (κ1) is 38.2. The number of carbonyl (C=O) groups excluding carboxylic acids is 1. The molecule has 0 radical (unpaired) electrons. The Morgan fingerprint density at radius 1 is 0.696 bits per heavy atom. The topological polar surface area (TPSA) is 178 Å². The molecule has 15 heteroatoms. The minimum Gasteiger partial charge on any atom is -0.486 e. The molecule has 0 spiro atoms. The van der Waals surface area contributed by atoms with E-state index in [-0.39, 0.29) is 27.9 Å². The van der Waals surface area contributed by atoms with Crippen LogP contribution in [0.2, 0.25) is 0 Å². The van der Waals surface area contributed by atoms with E-state index in [1.165, 1.54) is 41.4 Å². The second-order valence-electron chi connectivity index (χ2n) is 13.2. The molecule has 1 aromatic heterocycles. The Bertz CT molecular complexity index is 2740. The summed E-state index contributed by atoms with van der Waals surface area (Å²) in [5, 5.41) is 11.6. The van der Waals surface area contributed by atoms with Gasteiger partial charge in [0.1, 0.15) is 23.7 Å². The van der Waals surface area contributed by atoms with Crippen LogP contribution in [0.15, 0.2) is 130 Å². The van der Waals surface area contributed by atoms with Crippen LogP contribution in [-0.4, -0.2) is 59.5 Å². The first-order chi connectivity index (χ1) is 26.6. The number of aromatic nitrogens is 2. The molecule has 7 rings (SSSR count). The summed E-state index contributed by atoms with van der Waals surface area (Å²) in [4.78, 5) is 12.7. The van der Waals surface area contributed by atoms with Crippen LogP contribution in [0.4, 0.5) is 5.69 Å². The lowest BCUT2D eigenvalue weighted by atomic mass is 10.0. The van der Waals surface area contributed by atoms with Crippen LogP contribution in [0.3, 0.4) is 0 Å². The van der Waals surface area contributed by atoms with Gasteiger partial charge in [-0.05, 0) is 135 Å². The molecule has 1 aliphatic heterocycles. The van der Waals surface area contributed by atoms with Gasteiger partial charge in [0.25, 0.3) is 26.1 Å². The molecule has 2 heterocycles. The van der Waals surface area contributed by atoms with Crippen molar-refractivity contribution in [3.05, 3.63) is 142 Å². The van der Waals surface area contributed by atoms with Crippen LogP contribution in [0, 0.1) is 6.92 Å². The fourth-order valence-electron chi connectivity index (χ4n) is 6.30.